The van der Waals surface area contributed by atoms with Gasteiger partial charge in [0.1, 0.15) is 11.6 Å². The molecule has 0 unspecified atom stereocenters. The molecule has 1 fully saturated rings. The Hall–Kier alpha value is -2.61. The van der Waals surface area contributed by atoms with Gasteiger partial charge in [-0.3, -0.25) is 4.72 Å². The van der Waals surface area contributed by atoms with Crippen LogP contribution < -0.4 is 9.62 Å². The second-order valence-corrected chi connectivity index (χ2v) is 8.34. The molecule has 0 amide bonds. The second kappa shape index (κ2) is 7.96. The Morgan fingerprint density at radius 1 is 1.22 bits per heavy atom. The molecule has 1 saturated heterocycles. The predicted octanol–water partition coefficient (Wildman–Crippen LogP) is 2.78. The van der Waals surface area contributed by atoms with E-state index in [0.29, 0.717) is 5.82 Å². The molecule has 2 heterocycles. The van der Waals surface area contributed by atoms with Crippen molar-refractivity contribution >= 4 is 44.5 Å². The first kappa shape index (κ1) is 19.2. The number of aromatic nitrogens is 1. The van der Waals surface area contributed by atoms with Crippen molar-refractivity contribution in [3.05, 3.63) is 35.9 Å². The lowest BCUT2D eigenvalue weighted by molar-refractivity contribution is -0.134. The van der Waals surface area contributed by atoms with Crippen LogP contribution in [-0.4, -0.2) is 45.8 Å². The molecule has 7 nitrogen and oxygen atoms in total. The summed E-state index contributed by atoms with van der Waals surface area (Å²) in [6, 6.07) is 7.44. The molecule has 2 aromatic rings. The first-order valence-corrected chi connectivity index (χ1v) is 10.7. The largest absolute Gasteiger partial charge is 0.466 e. The van der Waals surface area contributed by atoms with Gasteiger partial charge in [0.15, 0.2) is 0 Å². The first-order chi connectivity index (χ1) is 12.9. The maximum atomic E-state index is 11.6. The van der Waals surface area contributed by atoms with Crippen LogP contribution in [0.5, 0.6) is 0 Å². The van der Waals surface area contributed by atoms with Gasteiger partial charge in [-0.2, -0.15) is 0 Å². The van der Waals surface area contributed by atoms with Gasteiger partial charge < -0.3 is 9.64 Å². The lowest BCUT2D eigenvalue weighted by Gasteiger charge is -2.29. The summed E-state index contributed by atoms with van der Waals surface area (Å²) < 4.78 is 30.4. The molecule has 0 bridgehead atoms. The zero-order chi connectivity index (χ0) is 19.4. The number of carbonyl (C=O) groups excluding carboxylic acids is 1. The minimum absolute atomic E-state index is 0.309. The van der Waals surface area contributed by atoms with Crippen LogP contribution in [0, 0.1) is 0 Å². The van der Waals surface area contributed by atoms with Crippen LogP contribution in [0.25, 0.3) is 16.8 Å². The number of fused-ring (bicyclic) bond motifs is 1. The number of rotatable bonds is 5. The number of pyridine rings is 1. The molecular formula is C19H23N3O4S. The maximum Gasteiger partial charge on any atom is 0.330 e. The molecule has 27 heavy (non-hydrogen) atoms. The van der Waals surface area contributed by atoms with E-state index in [4.69, 9.17) is 0 Å². The molecule has 1 aliphatic rings. The van der Waals surface area contributed by atoms with E-state index in [9.17, 15) is 13.2 Å². The number of nitrogens with zero attached hydrogens (tertiary/aromatic N) is 2. The van der Waals surface area contributed by atoms with Crippen LogP contribution >= 0.6 is 0 Å². The van der Waals surface area contributed by atoms with Gasteiger partial charge in [-0.15, -0.1) is 0 Å². The fourth-order valence-electron chi connectivity index (χ4n) is 3.17. The molecule has 0 radical (unpaired) electrons. The van der Waals surface area contributed by atoms with Crippen molar-refractivity contribution in [3.8, 4) is 0 Å². The van der Waals surface area contributed by atoms with E-state index in [1.165, 1.54) is 19.6 Å². The van der Waals surface area contributed by atoms with E-state index in [1.54, 1.807) is 12.1 Å². The number of anilines is 2. The molecule has 144 valence electrons. The Balaban J connectivity index is 2.09. The standard InChI is InChI=1S/C19H23N3O4S/c1-26-18(23)9-7-14-6-8-15-13-17(21-27(2,24)25)20-19(16(15)12-14)22-10-4-3-5-11-22/h6-9,12-13H,3-5,10-11H2,1-2H3,(H,20,21)/b9-7+. The molecule has 1 aliphatic heterocycles. The topological polar surface area (TPSA) is 88.6 Å². The summed E-state index contributed by atoms with van der Waals surface area (Å²) in [6.07, 6.45) is 7.51. The third-order valence-electron chi connectivity index (χ3n) is 4.40. The van der Waals surface area contributed by atoms with Gasteiger partial charge in [0, 0.05) is 24.6 Å². The Morgan fingerprint density at radius 2 is 1.96 bits per heavy atom. The second-order valence-electron chi connectivity index (χ2n) is 6.59. The summed E-state index contributed by atoms with van der Waals surface area (Å²) >= 11 is 0. The van der Waals surface area contributed by atoms with E-state index in [2.05, 4.69) is 19.3 Å². The van der Waals surface area contributed by atoms with Gasteiger partial charge in [-0.05, 0) is 48.4 Å². The van der Waals surface area contributed by atoms with Gasteiger partial charge in [0.2, 0.25) is 10.0 Å². The van der Waals surface area contributed by atoms with Crippen molar-refractivity contribution in [1.29, 1.82) is 0 Å². The number of nitrogens with one attached hydrogen (secondary N) is 1. The fourth-order valence-corrected chi connectivity index (χ4v) is 3.66. The van der Waals surface area contributed by atoms with Gasteiger partial charge >= 0.3 is 5.97 Å². The van der Waals surface area contributed by atoms with Gasteiger partial charge in [-0.25, -0.2) is 18.2 Å². The summed E-state index contributed by atoms with van der Waals surface area (Å²) in [4.78, 5) is 18.1. The van der Waals surface area contributed by atoms with Gasteiger partial charge in [-0.1, -0.05) is 12.1 Å². The number of carbonyl (C=O) groups is 1. The molecule has 0 aliphatic carbocycles. The number of ether oxygens (including phenoxy) is 1. The Bertz CT molecular complexity index is 980. The van der Waals surface area contributed by atoms with Crippen LogP contribution in [0.3, 0.4) is 0 Å². The molecule has 0 atom stereocenters. The van der Waals surface area contributed by atoms with E-state index in [-0.39, 0.29) is 0 Å². The third-order valence-corrected chi connectivity index (χ3v) is 4.98. The van der Waals surface area contributed by atoms with Crippen molar-refractivity contribution in [2.45, 2.75) is 19.3 Å². The first-order valence-electron chi connectivity index (χ1n) is 8.79. The minimum atomic E-state index is -3.42. The molecule has 3 rings (SSSR count). The predicted molar refractivity (Wildman–Crippen MR) is 107 cm³/mol. The van der Waals surface area contributed by atoms with Crippen molar-refractivity contribution in [2.75, 3.05) is 36.1 Å². The number of methoxy groups -OCH3 is 1. The van der Waals surface area contributed by atoms with Crippen molar-refractivity contribution in [3.63, 3.8) is 0 Å². The normalized spacial score (nSPS) is 15.3. The number of benzene rings is 1. The van der Waals surface area contributed by atoms with Crippen LogP contribution in [0.15, 0.2) is 30.3 Å². The zero-order valence-electron chi connectivity index (χ0n) is 15.4. The Labute approximate surface area is 159 Å². The minimum Gasteiger partial charge on any atom is -0.466 e. The smallest absolute Gasteiger partial charge is 0.330 e. The quantitative estimate of drug-likeness (QED) is 0.625. The highest BCUT2D eigenvalue weighted by Gasteiger charge is 2.17. The van der Waals surface area contributed by atoms with Gasteiger partial charge in [0.25, 0.3) is 0 Å². The van der Waals surface area contributed by atoms with E-state index in [0.717, 1.165) is 54.3 Å². The number of sulfonamides is 1. The van der Waals surface area contributed by atoms with Crippen molar-refractivity contribution in [2.24, 2.45) is 0 Å². The number of esters is 1. The van der Waals surface area contributed by atoms with Crippen LogP contribution in [0.1, 0.15) is 24.8 Å². The SMILES string of the molecule is COC(=O)/C=C/c1ccc2cc(NS(C)(=O)=O)nc(N3CCCCC3)c2c1. The average Bonchev–Trinajstić information content (AvgIpc) is 2.64. The number of piperidine rings is 1. The highest BCUT2D eigenvalue weighted by Crippen LogP contribution is 2.31. The monoisotopic (exact) mass is 389 g/mol. The Kier molecular flexibility index (Phi) is 5.65. The molecule has 0 saturated carbocycles. The molecule has 1 aromatic carbocycles. The molecule has 1 aromatic heterocycles. The van der Waals surface area contributed by atoms with E-state index >= 15 is 0 Å². The summed E-state index contributed by atoms with van der Waals surface area (Å²) in [7, 11) is -2.08. The maximum absolute atomic E-state index is 11.6. The average molecular weight is 389 g/mol. The van der Waals surface area contributed by atoms with Crippen molar-refractivity contribution in [1.82, 2.24) is 4.98 Å². The summed E-state index contributed by atoms with van der Waals surface area (Å²) in [6.45, 7) is 1.76. The number of hydrogen-bond donors (Lipinski definition) is 1. The Morgan fingerprint density at radius 3 is 2.63 bits per heavy atom. The highest BCUT2D eigenvalue weighted by atomic mass is 32.2. The van der Waals surface area contributed by atoms with Crippen molar-refractivity contribution < 1.29 is 17.9 Å². The van der Waals surface area contributed by atoms with E-state index in [1.807, 2.05) is 18.2 Å². The van der Waals surface area contributed by atoms with Gasteiger partial charge in [0.05, 0.1) is 13.4 Å². The lowest BCUT2D eigenvalue weighted by atomic mass is 10.1. The molecule has 8 heteroatoms. The van der Waals surface area contributed by atoms with Crippen LogP contribution in [0.2, 0.25) is 0 Å². The van der Waals surface area contributed by atoms with Crippen LogP contribution in [0.4, 0.5) is 11.6 Å². The lowest BCUT2D eigenvalue weighted by Crippen LogP contribution is -2.30. The highest BCUT2D eigenvalue weighted by molar-refractivity contribution is 7.92. The molecular weight excluding hydrogens is 366 g/mol. The molecule has 1 N–H and O–H groups in total. The summed E-state index contributed by atoms with van der Waals surface area (Å²) in [5, 5.41) is 1.80. The van der Waals surface area contributed by atoms with Crippen LogP contribution in [-0.2, 0) is 19.6 Å². The van der Waals surface area contributed by atoms with E-state index < -0.39 is 16.0 Å². The fraction of sp³-hybridized carbons (Fsp3) is 0.368. The third kappa shape index (κ3) is 4.97. The zero-order valence-corrected chi connectivity index (χ0v) is 16.3. The molecule has 0 spiro atoms. The number of hydrogen-bond acceptors (Lipinski definition) is 6. The summed E-state index contributed by atoms with van der Waals surface area (Å²) in [5.74, 6) is 0.646. The summed E-state index contributed by atoms with van der Waals surface area (Å²) in [5.41, 5.74) is 0.844.